The van der Waals surface area contributed by atoms with Crippen molar-refractivity contribution in [2.24, 2.45) is 0 Å². The zero-order valence-corrected chi connectivity index (χ0v) is 10.2. The SMILES string of the molecule is COc1cc(F)ccc1CC1=C(C)CCC1O. The van der Waals surface area contributed by atoms with Gasteiger partial charge in [-0.25, -0.2) is 4.39 Å². The Hall–Kier alpha value is -1.35. The monoisotopic (exact) mass is 236 g/mol. The van der Waals surface area contributed by atoms with Gasteiger partial charge in [0.05, 0.1) is 13.2 Å². The van der Waals surface area contributed by atoms with Crippen LogP contribution in [0.1, 0.15) is 25.3 Å². The quantitative estimate of drug-likeness (QED) is 0.818. The topological polar surface area (TPSA) is 29.5 Å². The van der Waals surface area contributed by atoms with Gasteiger partial charge in [0.15, 0.2) is 0 Å². The Balaban J connectivity index is 2.27. The lowest BCUT2D eigenvalue weighted by Crippen LogP contribution is -2.08. The summed E-state index contributed by atoms with van der Waals surface area (Å²) in [4.78, 5) is 0. The molecule has 3 heteroatoms. The van der Waals surface area contributed by atoms with E-state index in [4.69, 9.17) is 4.74 Å². The van der Waals surface area contributed by atoms with Gasteiger partial charge in [0.25, 0.3) is 0 Å². The van der Waals surface area contributed by atoms with Crippen molar-refractivity contribution in [3.05, 3.63) is 40.7 Å². The minimum absolute atomic E-state index is 0.303. The molecule has 0 aromatic heterocycles. The average Bonchev–Trinajstić information content (AvgIpc) is 2.62. The van der Waals surface area contributed by atoms with Crippen LogP contribution in [-0.2, 0) is 6.42 Å². The van der Waals surface area contributed by atoms with Crippen LogP contribution >= 0.6 is 0 Å². The second-order valence-corrected chi connectivity index (χ2v) is 4.49. The third-order valence-electron chi connectivity index (χ3n) is 3.37. The lowest BCUT2D eigenvalue weighted by atomic mass is 10.00. The summed E-state index contributed by atoms with van der Waals surface area (Å²) >= 11 is 0. The van der Waals surface area contributed by atoms with Crippen LogP contribution in [0.2, 0.25) is 0 Å². The summed E-state index contributed by atoms with van der Waals surface area (Å²) in [5, 5.41) is 9.87. The van der Waals surface area contributed by atoms with Gasteiger partial charge in [0, 0.05) is 6.07 Å². The molecule has 0 saturated heterocycles. The minimum Gasteiger partial charge on any atom is -0.496 e. The fraction of sp³-hybridized carbons (Fsp3) is 0.429. The van der Waals surface area contributed by atoms with Gasteiger partial charge >= 0.3 is 0 Å². The van der Waals surface area contributed by atoms with Gasteiger partial charge in [-0.15, -0.1) is 0 Å². The van der Waals surface area contributed by atoms with Gasteiger partial charge in [0.1, 0.15) is 11.6 Å². The number of allylic oxidation sites excluding steroid dienone is 1. The smallest absolute Gasteiger partial charge is 0.126 e. The number of methoxy groups -OCH3 is 1. The number of hydrogen-bond donors (Lipinski definition) is 1. The van der Waals surface area contributed by atoms with E-state index in [0.29, 0.717) is 12.2 Å². The van der Waals surface area contributed by atoms with E-state index in [9.17, 15) is 9.50 Å². The molecule has 1 aliphatic rings. The number of ether oxygens (including phenoxy) is 1. The number of rotatable bonds is 3. The van der Waals surface area contributed by atoms with Crippen LogP contribution in [0.15, 0.2) is 29.3 Å². The second-order valence-electron chi connectivity index (χ2n) is 4.49. The molecule has 0 bridgehead atoms. The highest BCUT2D eigenvalue weighted by Gasteiger charge is 2.22. The molecule has 2 nitrogen and oxygen atoms in total. The highest BCUT2D eigenvalue weighted by Crippen LogP contribution is 2.31. The van der Waals surface area contributed by atoms with Crippen LogP contribution in [0.25, 0.3) is 0 Å². The first-order valence-electron chi connectivity index (χ1n) is 5.81. The molecule has 17 heavy (non-hydrogen) atoms. The summed E-state index contributed by atoms with van der Waals surface area (Å²) in [6, 6.07) is 4.53. The molecule has 1 aromatic rings. The van der Waals surface area contributed by atoms with Crippen molar-refractivity contribution in [2.75, 3.05) is 7.11 Å². The molecule has 2 rings (SSSR count). The fourth-order valence-electron chi connectivity index (χ4n) is 2.31. The molecule has 1 N–H and O–H groups in total. The van der Waals surface area contributed by atoms with E-state index < -0.39 is 0 Å². The van der Waals surface area contributed by atoms with Crippen molar-refractivity contribution in [3.8, 4) is 5.75 Å². The number of aliphatic hydroxyl groups is 1. The Bertz CT molecular complexity index is 452. The second kappa shape index (κ2) is 4.88. The first kappa shape index (κ1) is 12.1. The van der Waals surface area contributed by atoms with E-state index in [1.165, 1.54) is 24.8 Å². The van der Waals surface area contributed by atoms with E-state index in [1.807, 2.05) is 6.92 Å². The van der Waals surface area contributed by atoms with Crippen LogP contribution < -0.4 is 4.74 Å². The maximum absolute atomic E-state index is 13.1. The Labute approximate surface area is 101 Å². The lowest BCUT2D eigenvalue weighted by molar-refractivity contribution is 0.209. The van der Waals surface area contributed by atoms with Crippen LogP contribution in [0.5, 0.6) is 5.75 Å². The zero-order chi connectivity index (χ0) is 12.4. The largest absolute Gasteiger partial charge is 0.496 e. The molecular formula is C14H17FO2. The Kier molecular flexibility index (Phi) is 3.48. The van der Waals surface area contributed by atoms with Crippen molar-refractivity contribution in [3.63, 3.8) is 0 Å². The van der Waals surface area contributed by atoms with E-state index in [2.05, 4.69) is 0 Å². The molecule has 1 unspecified atom stereocenters. The summed E-state index contributed by atoms with van der Waals surface area (Å²) < 4.78 is 18.2. The van der Waals surface area contributed by atoms with Gasteiger partial charge < -0.3 is 9.84 Å². The van der Waals surface area contributed by atoms with Crippen LogP contribution in [0.4, 0.5) is 4.39 Å². The molecule has 1 aromatic carbocycles. The molecule has 0 fully saturated rings. The third kappa shape index (κ3) is 2.50. The van der Waals surface area contributed by atoms with E-state index in [-0.39, 0.29) is 11.9 Å². The van der Waals surface area contributed by atoms with Crippen molar-refractivity contribution in [1.29, 1.82) is 0 Å². The summed E-state index contributed by atoms with van der Waals surface area (Å²) in [5.74, 6) is 0.243. The van der Waals surface area contributed by atoms with E-state index in [0.717, 1.165) is 24.0 Å². The highest BCUT2D eigenvalue weighted by molar-refractivity contribution is 5.39. The van der Waals surface area contributed by atoms with Crippen LogP contribution in [0, 0.1) is 5.82 Å². The Morgan fingerprint density at radius 1 is 1.47 bits per heavy atom. The fourth-order valence-corrected chi connectivity index (χ4v) is 2.31. The van der Waals surface area contributed by atoms with Gasteiger partial charge in [0.2, 0.25) is 0 Å². The first-order chi connectivity index (χ1) is 8.11. The number of benzene rings is 1. The average molecular weight is 236 g/mol. The van der Waals surface area contributed by atoms with Gasteiger partial charge in [-0.1, -0.05) is 11.6 Å². The highest BCUT2D eigenvalue weighted by atomic mass is 19.1. The number of halogens is 1. The lowest BCUT2D eigenvalue weighted by Gasteiger charge is -2.13. The molecule has 92 valence electrons. The van der Waals surface area contributed by atoms with Crippen LogP contribution in [-0.4, -0.2) is 18.3 Å². The number of hydrogen-bond acceptors (Lipinski definition) is 2. The standard InChI is InChI=1S/C14H17FO2/c1-9-3-6-13(16)12(9)7-10-4-5-11(15)8-14(10)17-2/h4-5,8,13,16H,3,6-7H2,1-2H3. The maximum atomic E-state index is 13.1. The summed E-state index contributed by atoms with van der Waals surface area (Å²) in [7, 11) is 1.53. The van der Waals surface area contributed by atoms with E-state index in [1.54, 1.807) is 6.07 Å². The van der Waals surface area contributed by atoms with Crippen LogP contribution in [0.3, 0.4) is 0 Å². The van der Waals surface area contributed by atoms with Crippen molar-refractivity contribution < 1.29 is 14.2 Å². The molecule has 1 aliphatic carbocycles. The number of aliphatic hydroxyl groups excluding tert-OH is 1. The first-order valence-corrected chi connectivity index (χ1v) is 5.81. The summed E-state index contributed by atoms with van der Waals surface area (Å²) in [5.41, 5.74) is 3.21. The van der Waals surface area contributed by atoms with Gasteiger partial charge in [-0.2, -0.15) is 0 Å². The summed E-state index contributed by atoms with van der Waals surface area (Å²) in [6.07, 6.45) is 2.02. The molecule has 0 heterocycles. The normalized spacial score (nSPS) is 19.9. The minimum atomic E-state index is -0.357. The van der Waals surface area contributed by atoms with Gasteiger partial charge in [-0.05, 0) is 43.4 Å². The van der Waals surface area contributed by atoms with Crippen molar-refractivity contribution in [1.82, 2.24) is 0 Å². The predicted molar refractivity (Wildman–Crippen MR) is 64.6 cm³/mol. The van der Waals surface area contributed by atoms with Crippen molar-refractivity contribution >= 4 is 0 Å². The zero-order valence-electron chi connectivity index (χ0n) is 10.2. The summed E-state index contributed by atoms with van der Waals surface area (Å²) in [6.45, 7) is 2.04. The Morgan fingerprint density at radius 2 is 2.24 bits per heavy atom. The maximum Gasteiger partial charge on any atom is 0.126 e. The molecule has 0 saturated carbocycles. The van der Waals surface area contributed by atoms with Gasteiger partial charge in [-0.3, -0.25) is 0 Å². The van der Waals surface area contributed by atoms with Crippen molar-refractivity contribution in [2.45, 2.75) is 32.3 Å². The molecule has 0 spiro atoms. The molecule has 1 atom stereocenters. The Morgan fingerprint density at radius 3 is 2.82 bits per heavy atom. The predicted octanol–water partition coefficient (Wildman–Crippen LogP) is 2.85. The third-order valence-corrected chi connectivity index (χ3v) is 3.37. The van der Waals surface area contributed by atoms with E-state index >= 15 is 0 Å². The molecule has 0 radical (unpaired) electrons. The molecule has 0 aliphatic heterocycles. The molecular weight excluding hydrogens is 219 g/mol. The molecule has 0 amide bonds.